The van der Waals surface area contributed by atoms with Crippen LogP contribution in [0.2, 0.25) is 5.02 Å². The van der Waals surface area contributed by atoms with Gasteiger partial charge in [-0.3, -0.25) is 9.69 Å². The molecule has 3 heterocycles. The number of nitrogen functional groups attached to an aromatic ring is 1. The standard InChI is InChI=1S/C24H23ClN2O3S/c1-15-2-7-19-20(12-15)30-24(29-19)8-10-27(11-9-24)13-17-14-31-23(26)21(17)22(28)16-3-5-18(25)6-4-16/h2-7,12,14H,8-11,13,26H2,1H3. The van der Waals surface area contributed by atoms with Crippen molar-refractivity contribution < 1.29 is 14.3 Å². The Morgan fingerprint density at radius 3 is 2.58 bits per heavy atom. The van der Waals surface area contributed by atoms with E-state index < -0.39 is 5.79 Å². The van der Waals surface area contributed by atoms with Crippen LogP contribution in [0.25, 0.3) is 0 Å². The van der Waals surface area contributed by atoms with Crippen LogP contribution in [0.15, 0.2) is 47.8 Å². The smallest absolute Gasteiger partial charge is 0.254 e. The molecule has 2 aliphatic rings. The topological polar surface area (TPSA) is 64.8 Å². The first kappa shape index (κ1) is 20.4. The van der Waals surface area contributed by atoms with Crippen molar-refractivity contribution in [1.82, 2.24) is 4.90 Å². The van der Waals surface area contributed by atoms with Gasteiger partial charge in [0.1, 0.15) is 0 Å². The van der Waals surface area contributed by atoms with Gasteiger partial charge in [0.25, 0.3) is 5.79 Å². The van der Waals surface area contributed by atoms with Crippen LogP contribution in [0, 0.1) is 6.92 Å². The lowest BCUT2D eigenvalue weighted by Gasteiger charge is -2.37. The Kier molecular flexibility index (Phi) is 5.16. The van der Waals surface area contributed by atoms with E-state index in [1.54, 1.807) is 24.3 Å². The highest BCUT2D eigenvalue weighted by Gasteiger charge is 2.44. The summed E-state index contributed by atoms with van der Waals surface area (Å²) >= 11 is 7.37. The maximum absolute atomic E-state index is 13.1. The van der Waals surface area contributed by atoms with Gasteiger partial charge in [0, 0.05) is 43.1 Å². The van der Waals surface area contributed by atoms with E-state index in [4.69, 9.17) is 26.8 Å². The number of ketones is 1. The normalized spacial score (nSPS) is 17.2. The van der Waals surface area contributed by atoms with Crippen LogP contribution in [-0.2, 0) is 6.54 Å². The molecule has 5 rings (SSSR count). The molecule has 0 amide bonds. The first-order valence-electron chi connectivity index (χ1n) is 10.3. The van der Waals surface area contributed by atoms with Crippen molar-refractivity contribution in [3.63, 3.8) is 0 Å². The molecule has 3 aromatic rings. The molecule has 0 bridgehead atoms. The maximum Gasteiger partial charge on any atom is 0.254 e. The summed E-state index contributed by atoms with van der Waals surface area (Å²) in [7, 11) is 0. The highest BCUT2D eigenvalue weighted by atomic mass is 35.5. The molecule has 2 N–H and O–H groups in total. The third kappa shape index (κ3) is 3.91. The van der Waals surface area contributed by atoms with Crippen LogP contribution in [0.4, 0.5) is 5.00 Å². The van der Waals surface area contributed by atoms with Gasteiger partial charge in [-0.2, -0.15) is 0 Å². The van der Waals surface area contributed by atoms with Crippen molar-refractivity contribution in [3.05, 3.63) is 75.1 Å². The summed E-state index contributed by atoms with van der Waals surface area (Å²) in [5.41, 5.74) is 9.50. The molecule has 2 aromatic carbocycles. The molecule has 0 unspecified atom stereocenters. The van der Waals surface area contributed by atoms with Gasteiger partial charge in [-0.1, -0.05) is 17.7 Å². The van der Waals surface area contributed by atoms with Gasteiger partial charge >= 0.3 is 0 Å². The van der Waals surface area contributed by atoms with Gasteiger partial charge in [0.2, 0.25) is 0 Å². The summed E-state index contributed by atoms with van der Waals surface area (Å²) in [6, 6.07) is 13.0. The lowest BCUT2D eigenvalue weighted by atomic mass is 9.99. The number of fused-ring (bicyclic) bond motifs is 1. The van der Waals surface area contributed by atoms with E-state index in [2.05, 4.69) is 4.90 Å². The molecule has 0 radical (unpaired) electrons. The molecule has 1 spiro atoms. The minimum absolute atomic E-state index is 0.0628. The zero-order valence-electron chi connectivity index (χ0n) is 17.2. The summed E-state index contributed by atoms with van der Waals surface area (Å²) in [5.74, 6) is 1.00. The van der Waals surface area contributed by atoms with Crippen molar-refractivity contribution >= 4 is 33.7 Å². The summed E-state index contributed by atoms with van der Waals surface area (Å²) in [4.78, 5) is 15.4. The third-order valence-corrected chi connectivity index (χ3v) is 7.04. The van der Waals surface area contributed by atoms with Gasteiger partial charge in [0.05, 0.1) is 10.6 Å². The number of anilines is 1. The Balaban J connectivity index is 1.27. The van der Waals surface area contributed by atoms with Crippen LogP contribution in [0.5, 0.6) is 11.5 Å². The molecule has 5 nitrogen and oxygen atoms in total. The number of likely N-dealkylation sites (tertiary alicyclic amines) is 1. The lowest BCUT2D eigenvalue weighted by molar-refractivity contribution is -0.119. The number of hydrogen-bond acceptors (Lipinski definition) is 6. The van der Waals surface area contributed by atoms with E-state index in [0.717, 1.165) is 48.6 Å². The maximum atomic E-state index is 13.1. The van der Waals surface area contributed by atoms with Gasteiger partial charge in [-0.15, -0.1) is 11.3 Å². The number of halogens is 1. The molecule has 1 fully saturated rings. The number of benzene rings is 2. The molecule has 2 aliphatic heterocycles. The first-order valence-corrected chi connectivity index (χ1v) is 11.6. The van der Waals surface area contributed by atoms with Gasteiger partial charge < -0.3 is 15.2 Å². The number of nitrogens with zero attached hydrogens (tertiary/aromatic N) is 1. The number of carbonyl (C=O) groups is 1. The molecule has 1 aromatic heterocycles. The first-order chi connectivity index (χ1) is 14.9. The number of rotatable bonds is 4. The van der Waals surface area contributed by atoms with Crippen LogP contribution < -0.4 is 15.2 Å². The Labute approximate surface area is 190 Å². The lowest BCUT2D eigenvalue weighted by Crippen LogP contribution is -2.49. The van der Waals surface area contributed by atoms with Crippen molar-refractivity contribution in [1.29, 1.82) is 0 Å². The fourth-order valence-electron chi connectivity index (χ4n) is 4.23. The average molecular weight is 455 g/mol. The molecule has 0 saturated carbocycles. The third-order valence-electron chi connectivity index (χ3n) is 5.93. The SMILES string of the molecule is Cc1ccc2c(c1)OC1(CCN(Cc3csc(N)c3C(=O)c3ccc(Cl)cc3)CC1)O2. The Morgan fingerprint density at radius 1 is 1.13 bits per heavy atom. The summed E-state index contributed by atoms with van der Waals surface area (Å²) < 4.78 is 12.4. The van der Waals surface area contributed by atoms with Crippen LogP contribution in [-0.4, -0.2) is 29.6 Å². The second-order valence-electron chi connectivity index (χ2n) is 8.18. The monoisotopic (exact) mass is 454 g/mol. The Morgan fingerprint density at radius 2 is 1.84 bits per heavy atom. The molecule has 160 valence electrons. The summed E-state index contributed by atoms with van der Waals surface area (Å²) in [6.07, 6.45) is 1.53. The van der Waals surface area contributed by atoms with Gasteiger partial charge in [0.15, 0.2) is 17.3 Å². The zero-order chi connectivity index (χ0) is 21.6. The van der Waals surface area contributed by atoms with Crippen molar-refractivity contribution in [3.8, 4) is 11.5 Å². The quantitative estimate of drug-likeness (QED) is 0.543. The largest absolute Gasteiger partial charge is 0.448 e. The van der Waals surface area contributed by atoms with E-state index in [0.29, 0.717) is 27.7 Å². The predicted octanol–water partition coefficient (Wildman–Crippen LogP) is 5.29. The number of carbonyl (C=O) groups excluding carboxylic acids is 1. The highest BCUT2D eigenvalue weighted by molar-refractivity contribution is 7.14. The van der Waals surface area contributed by atoms with Crippen LogP contribution in [0.3, 0.4) is 0 Å². The molecule has 0 aliphatic carbocycles. The molecule has 31 heavy (non-hydrogen) atoms. The van der Waals surface area contributed by atoms with Crippen molar-refractivity contribution in [2.45, 2.75) is 32.1 Å². The van der Waals surface area contributed by atoms with Crippen LogP contribution in [0.1, 0.15) is 39.9 Å². The van der Waals surface area contributed by atoms with E-state index in [1.165, 1.54) is 11.3 Å². The number of ether oxygens (including phenoxy) is 2. The summed E-state index contributed by atoms with van der Waals surface area (Å²) in [6.45, 7) is 4.35. The highest BCUT2D eigenvalue weighted by Crippen LogP contribution is 2.44. The van der Waals surface area contributed by atoms with Gasteiger partial charge in [-0.25, -0.2) is 0 Å². The number of nitrogens with two attached hydrogens (primary N) is 1. The molecular formula is C24H23ClN2O3S. The van der Waals surface area contributed by atoms with Crippen LogP contribution >= 0.6 is 22.9 Å². The van der Waals surface area contributed by atoms with Crippen molar-refractivity contribution in [2.24, 2.45) is 0 Å². The fourth-order valence-corrected chi connectivity index (χ4v) is 5.16. The minimum Gasteiger partial charge on any atom is -0.448 e. The second kappa shape index (κ2) is 7.86. The average Bonchev–Trinajstić information content (AvgIpc) is 3.29. The fraction of sp³-hybridized carbons (Fsp3) is 0.292. The number of aryl methyl sites for hydroxylation is 1. The molecule has 7 heteroatoms. The molecule has 0 atom stereocenters. The number of hydrogen-bond donors (Lipinski definition) is 1. The minimum atomic E-state index is -0.581. The second-order valence-corrected chi connectivity index (χ2v) is 9.53. The number of piperidine rings is 1. The van der Waals surface area contributed by atoms with E-state index in [9.17, 15) is 4.79 Å². The molecule has 1 saturated heterocycles. The van der Waals surface area contributed by atoms with E-state index >= 15 is 0 Å². The van der Waals surface area contributed by atoms with Crippen molar-refractivity contribution in [2.75, 3.05) is 18.8 Å². The Hall–Kier alpha value is -2.54. The number of thiophene rings is 1. The zero-order valence-corrected chi connectivity index (χ0v) is 18.8. The van der Waals surface area contributed by atoms with E-state index in [1.807, 2.05) is 30.5 Å². The molecular weight excluding hydrogens is 432 g/mol. The van der Waals surface area contributed by atoms with E-state index in [-0.39, 0.29) is 5.78 Å². The summed E-state index contributed by atoms with van der Waals surface area (Å²) in [5, 5.41) is 3.15. The predicted molar refractivity (Wildman–Crippen MR) is 123 cm³/mol. The Bertz CT molecular complexity index is 1130. The van der Waals surface area contributed by atoms with Gasteiger partial charge in [-0.05, 0) is 59.8 Å².